The Labute approximate surface area is 102 Å². The molecular formula is C11H22N2O4. The topological polar surface area (TPSA) is 76.7 Å². The van der Waals surface area contributed by atoms with E-state index < -0.39 is 0 Å². The fourth-order valence-electron chi connectivity index (χ4n) is 1.16. The summed E-state index contributed by atoms with van der Waals surface area (Å²) in [7, 11) is 1.57. The fourth-order valence-corrected chi connectivity index (χ4v) is 1.16. The lowest BCUT2D eigenvalue weighted by molar-refractivity contribution is -0.134. The number of hydrogen-bond acceptors (Lipinski definition) is 4. The molecule has 0 radical (unpaired) electrons. The van der Waals surface area contributed by atoms with Crippen LogP contribution in [0.4, 0.5) is 0 Å². The molecule has 6 nitrogen and oxygen atoms in total. The van der Waals surface area contributed by atoms with Gasteiger partial charge in [-0.3, -0.25) is 14.4 Å². The molecule has 6 heteroatoms. The SMILES string of the molecule is COCCONC(=O)CCCCCNC(C)=O. The van der Waals surface area contributed by atoms with Gasteiger partial charge in [-0.15, -0.1) is 0 Å². The summed E-state index contributed by atoms with van der Waals surface area (Å²) >= 11 is 0. The molecule has 2 N–H and O–H groups in total. The predicted molar refractivity (Wildman–Crippen MR) is 63.1 cm³/mol. The normalized spacial score (nSPS) is 10.0. The van der Waals surface area contributed by atoms with Gasteiger partial charge in [0.1, 0.15) is 0 Å². The van der Waals surface area contributed by atoms with E-state index in [0.717, 1.165) is 19.3 Å². The van der Waals surface area contributed by atoms with Gasteiger partial charge in [0.05, 0.1) is 13.2 Å². The lowest BCUT2D eigenvalue weighted by Gasteiger charge is -2.05. The van der Waals surface area contributed by atoms with Crippen LogP contribution in [0.15, 0.2) is 0 Å². The van der Waals surface area contributed by atoms with E-state index in [9.17, 15) is 9.59 Å². The van der Waals surface area contributed by atoms with Crippen molar-refractivity contribution in [1.29, 1.82) is 0 Å². The van der Waals surface area contributed by atoms with Crippen molar-refractivity contribution in [1.82, 2.24) is 10.8 Å². The first-order valence-corrected chi connectivity index (χ1v) is 5.81. The summed E-state index contributed by atoms with van der Waals surface area (Å²) in [5, 5.41) is 2.70. The van der Waals surface area contributed by atoms with Crippen LogP contribution in [-0.2, 0) is 19.2 Å². The largest absolute Gasteiger partial charge is 0.382 e. The highest BCUT2D eigenvalue weighted by Crippen LogP contribution is 1.98. The van der Waals surface area contributed by atoms with Crippen molar-refractivity contribution < 1.29 is 19.2 Å². The summed E-state index contributed by atoms with van der Waals surface area (Å²) in [6, 6.07) is 0. The molecule has 17 heavy (non-hydrogen) atoms. The van der Waals surface area contributed by atoms with E-state index >= 15 is 0 Å². The minimum atomic E-state index is -0.124. The summed E-state index contributed by atoms with van der Waals surface area (Å²) in [5.74, 6) is -0.144. The van der Waals surface area contributed by atoms with Crippen LogP contribution in [0.1, 0.15) is 32.6 Å². The Bertz CT molecular complexity index is 222. The fraction of sp³-hybridized carbons (Fsp3) is 0.818. The summed E-state index contributed by atoms with van der Waals surface area (Å²) < 4.78 is 4.76. The van der Waals surface area contributed by atoms with E-state index in [4.69, 9.17) is 9.57 Å². The molecular weight excluding hydrogens is 224 g/mol. The summed E-state index contributed by atoms with van der Waals surface area (Å²) in [4.78, 5) is 26.6. The maximum Gasteiger partial charge on any atom is 0.243 e. The molecule has 0 aliphatic carbocycles. The Kier molecular flexibility index (Phi) is 10.6. The van der Waals surface area contributed by atoms with Gasteiger partial charge in [-0.25, -0.2) is 5.48 Å². The van der Waals surface area contributed by atoms with Gasteiger partial charge in [0.2, 0.25) is 11.8 Å². The third kappa shape index (κ3) is 12.8. The molecule has 0 aliphatic rings. The molecule has 0 saturated carbocycles. The second-order valence-electron chi connectivity index (χ2n) is 3.66. The highest BCUT2D eigenvalue weighted by molar-refractivity contribution is 5.74. The number of carbonyl (C=O) groups excluding carboxylic acids is 2. The zero-order chi connectivity index (χ0) is 12.9. The van der Waals surface area contributed by atoms with Crippen molar-refractivity contribution in [3.8, 4) is 0 Å². The number of amides is 2. The lowest BCUT2D eigenvalue weighted by Crippen LogP contribution is -2.25. The van der Waals surface area contributed by atoms with Crippen molar-refractivity contribution in [3.63, 3.8) is 0 Å². The van der Waals surface area contributed by atoms with Crippen LogP contribution in [0.3, 0.4) is 0 Å². The van der Waals surface area contributed by atoms with E-state index in [2.05, 4.69) is 10.8 Å². The van der Waals surface area contributed by atoms with E-state index in [1.54, 1.807) is 7.11 Å². The number of nitrogens with one attached hydrogen (secondary N) is 2. The maximum absolute atomic E-state index is 11.2. The first-order chi connectivity index (χ1) is 8.16. The number of unbranched alkanes of at least 4 members (excludes halogenated alkanes) is 2. The monoisotopic (exact) mass is 246 g/mol. The number of methoxy groups -OCH3 is 1. The number of hydrogen-bond donors (Lipinski definition) is 2. The van der Waals surface area contributed by atoms with E-state index in [1.807, 2.05) is 0 Å². The molecule has 0 heterocycles. The molecule has 0 fully saturated rings. The van der Waals surface area contributed by atoms with Crippen LogP contribution >= 0.6 is 0 Å². The number of rotatable bonds is 10. The molecule has 100 valence electrons. The third-order valence-corrected chi connectivity index (χ3v) is 2.03. The molecule has 0 atom stereocenters. The first-order valence-electron chi connectivity index (χ1n) is 5.81. The van der Waals surface area contributed by atoms with Crippen molar-refractivity contribution in [2.24, 2.45) is 0 Å². The van der Waals surface area contributed by atoms with E-state index in [0.29, 0.717) is 26.2 Å². The molecule has 0 aromatic carbocycles. The van der Waals surface area contributed by atoms with Gasteiger partial charge in [0, 0.05) is 27.0 Å². The molecule has 0 saturated heterocycles. The highest BCUT2D eigenvalue weighted by Gasteiger charge is 2.00. The minimum absolute atomic E-state index is 0.0192. The zero-order valence-corrected chi connectivity index (χ0v) is 10.6. The van der Waals surface area contributed by atoms with Gasteiger partial charge >= 0.3 is 0 Å². The van der Waals surface area contributed by atoms with Crippen molar-refractivity contribution in [2.75, 3.05) is 26.9 Å². The third-order valence-electron chi connectivity index (χ3n) is 2.03. The summed E-state index contributed by atoms with van der Waals surface area (Å²) in [6.45, 7) is 2.97. The van der Waals surface area contributed by atoms with Gasteiger partial charge in [-0.2, -0.15) is 0 Å². The maximum atomic E-state index is 11.2. The van der Waals surface area contributed by atoms with Gasteiger partial charge in [-0.05, 0) is 12.8 Å². The Balaban J connectivity index is 3.19. The van der Waals surface area contributed by atoms with Crippen LogP contribution in [-0.4, -0.2) is 38.7 Å². The second-order valence-corrected chi connectivity index (χ2v) is 3.66. The van der Waals surface area contributed by atoms with E-state index in [1.165, 1.54) is 6.92 Å². The minimum Gasteiger partial charge on any atom is -0.382 e. The van der Waals surface area contributed by atoms with Gasteiger partial charge < -0.3 is 10.1 Å². The van der Waals surface area contributed by atoms with Crippen molar-refractivity contribution in [3.05, 3.63) is 0 Å². The summed E-state index contributed by atoms with van der Waals surface area (Å²) in [5.41, 5.74) is 2.34. The molecule has 0 unspecified atom stereocenters. The number of hydroxylamine groups is 1. The Hall–Kier alpha value is -1.14. The van der Waals surface area contributed by atoms with Gasteiger partial charge in [0.15, 0.2) is 0 Å². The highest BCUT2D eigenvalue weighted by atomic mass is 16.7. The molecule has 2 amide bonds. The molecule has 0 bridgehead atoms. The standard InChI is InChI=1S/C11H22N2O4/c1-10(14)12-7-5-3-4-6-11(15)13-17-9-8-16-2/h3-9H2,1-2H3,(H,12,14)(H,13,15). The summed E-state index contributed by atoms with van der Waals surface area (Å²) in [6.07, 6.45) is 3.02. The molecule has 0 rings (SSSR count). The number of carbonyl (C=O) groups is 2. The molecule has 0 aromatic heterocycles. The Morgan fingerprint density at radius 1 is 1.12 bits per heavy atom. The lowest BCUT2D eigenvalue weighted by atomic mass is 10.2. The van der Waals surface area contributed by atoms with Crippen molar-refractivity contribution in [2.45, 2.75) is 32.6 Å². The van der Waals surface area contributed by atoms with Crippen LogP contribution in [0.25, 0.3) is 0 Å². The van der Waals surface area contributed by atoms with Crippen LogP contribution < -0.4 is 10.8 Å². The Morgan fingerprint density at radius 3 is 2.53 bits per heavy atom. The quantitative estimate of drug-likeness (QED) is 0.431. The second kappa shape index (κ2) is 11.3. The first kappa shape index (κ1) is 15.9. The average Bonchev–Trinajstić information content (AvgIpc) is 2.29. The average molecular weight is 246 g/mol. The Morgan fingerprint density at radius 2 is 1.88 bits per heavy atom. The molecule has 0 aromatic rings. The van der Waals surface area contributed by atoms with Crippen LogP contribution in [0, 0.1) is 0 Å². The van der Waals surface area contributed by atoms with Gasteiger partial charge in [0.25, 0.3) is 0 Å². The van der Waals surface area contributed by atoms with Crippen LogP contribution in [0.5, 0.6) is 0 Å². The molecule has 0 aliphatic heterocycles. The van der Waals surface area contributed by atoms with Crippen molar-refractivity contribution >= 4 is 11.8 Å². The van der Waals surface area contributed by atoms with Gasteiger partial charge in [-0.1, -0.05) is 6.42 Å². The zero-order valence-electron chi connectivity index (χ0n) is 10.6. The molecule has 0 spiro atoms. The number of ether oxygens (including phenoxy) is 1. The van der Waals surface area contributed by atoms with Crippen LogP contribution in [0.2, 0.25) is 0 Å². The smallest absolute Gasteiger partial charge is 0.243 e. The van der Waals surface area contributed by atoms with E-state index in [-0.39, 0.29) is 11.8 Å². The predicted octanol–water partition coefficient (Wildman–Crippen LogP) is 0.377.